The van der Waals surface area contributed by atoms with Gasteiger partial charge in [-0.2, -0.15) is 0 Å². The third-order valence-electron chi connectivity index (χ3n) is 10.4. The number of oxazole rings is 1. The van der Waals surface area contributed by atoms with Crippen LogP contribution in [0.2, 0.25) is 0 Å². The van der Waals surface area contributed by atoms with Gasteiger partial charge in [-0.3, -0.25) is 4.98 Å². The molecule has 0 aliphatic heterocycles. The molecule has 2 heterocycles. The first-order chi connectivity index (χ1) is 26.0. The van der Waals surface area contributed by atoms with Gasteiger partial charge in [-0.25, -0.2) is 4.98 Å². The van der Waals surface area contributed by atoms with Crippen molar-refractivity contribution >= 4 is 11.1 Å². The largest absolute Gasteiger partial charge is 0.507 e. The van der Waals surface area contributed by atoms with Crippen molar-refractivity contribution < 1.29 is 30.6 Å². The molecule has 2 aromatic heterocycles. The van der Waals surface area contributed by atoms with E-state index in [0.717, 1.165) is 56.6 Å². The van der Waals surface area contributed by atoms with Gasteiger partial charge in [-0.05, 0) is 57.9 Å². The molecule has 0 bridgehead atoms. The van der Waals surface area contributed by atoms with Gasteiger partial charge in [0.1, 0.15) is 11.3 Å². The molecule has 8 rings (SSSR count). The summed E-state index contributed by atoms with van der Waals surface area (Å²) in [5.41, 5.74) is 12.5. The van der Waals surface area contributed by atoms with Crippen LogP contribution in [0.15, 0.2) is 156 Å². The van der Waals surface area contributed by atoms with Crippen LogP contribution in [0, 0.1) is 6.07 Å². The van der Waals surface area contributed by atoms with Crippen LogP contribution in [0.25, 0.3) is 56.1 Å². The molecule has 0 saturated carbocycles. The molecule has 0 aliphatic rings. The van der Waals surface area contributed by atoms with E-state index in [2.05, 4.69) is 150 Å². The quantitative estimate of drug-likeness (QED) is 0.154. The number of para-hydroxylation sites is 1. The maximum atomic E-state index is 11.8. The molecule has 0 saturated heterocycles. The zero-order valence-electron chi connectivity index (χ0n) is 31.7. The second-order valence-corrected chi connectivity index (χ2v) is 15.6. The molecule has 276 valence electrons. The van der Waals surface area contributed by atoms with Gasteiger partial charge in [0.15, 0.2) is 0 Å². The molecule has 4 nitrogen and oxygen atoms in total. The predicted molar refractivity (Wildman–Crippen MR) is 221 cm³/mol. The molecule has 0 spiro atoms. The van der Waals surface area contributed by atoms with Crippen LogP contribution in [0.1, 0.15) is 62.4 Å². The van der Waals surface area contributed by atoms with Gasteiger partial charge in [0.25, 0.3) is 0 Å². The van der Waals surface area contributed by atoms with E-state index in [-0.39, 0.29) is 37.6 Å². The molecule has 55 heavy (non-hydrogen) atoms. The van der Waals surface area contributed by atoms with Crippen LogP contribution < -0.4 is 0 Å². The van der Waals surface area contributed by atoms with Crippen LogP contribution in [-0.4, -0.2) is 15.1 Å². The number of phenolic OH excluding ortho intramolecular Hbond substituents is 1. The summed E-state index contributed by atoms with van der Waals surface area (Å²) in [6.07, 6.45) is 2.60. The minimum atomic E-state index is -0.325. The maximum absolute atomic E-state index is 11.8. The fourth-order valence-electron chi connectivity index (χ4n) is 7.27. The van der Waals surface area contributed by atoms with Gasteiger partial charge >= 0.3 is 0 Å². The summed E-state index contributed by atoms with van der Waals surface area (Å²) in [5.74, 6) is 0.575. The topological polar surface area (TPSA) is 59.2 Å². The Morgan fingerprint density at radius 3 is 2.00 bits per heavy atom. The van der Waals surface area contributed by atoms with E-state index in [4.69, 9.17) is 14.4 Å². The zero-order valence-corrected chi connectivity index (χ0v) is 34.0. The average molecular weight is 899 g/mol. The Hall–Kier alpha value is -5.57. The van der Waals surface area contributed by atoms with Crippen molar-refractivity contribution in [3.63, 3.8) is 0 Å². The minimum Gasteiger partial charge on any atom is -0.507 e. The number of rotatable bonds is 8. The first kappa shape index (κ1) is 37.7. The molecule has 0 atom stereocenters. The van der Waals surface area contributed by atoms with E-state index in [9.17, 15) is 5.11 Å². The smallest absolute Gasteiger partial charge is 0.230 e. The Bertz CT molecular complexity index is 2590. The van der Waals surface area contributed by atoms with Gasteiger partial charge < -0.3 is 9.52 Å². The van der Waals surface area contributed by atoms with Crippen LogP contribution in [0.5, 0.6) is 5.75 Å². The second kappa shape index (κ2) is 15.3. The van der Waals surface area contributed by atoms with Crippen molar-refractivity contribution in [3.05, 3.63) is 186 Å². The Labute approximate surface area is 338 Å². The van der Waals surface area contributed by atoms with Crippen molar-refractivity contribution in [2.24, 2.45) is 0 Å². The monoisotopic (exact) mass is 898 g/mol. The van der Waals surface area contributed by atoms with Gasteiger partial charge in [-0.15, -0.1) is 29.3 Å². The van der Waals surface area contributed by atoms with E-state index in [1.165, 1.54) is 11.1 Å². The van der Waals surface area contributed by atoms with Gasteiger partial charge in [-0.1, -0.05) is 161 Å². The molecule has 0 amide bonds. The molecular weight excluding hydrogens is 856 g/mol. The predicted octanol–water partition coefficient (Wildman–Crippen LogP) is 12.6. The van der Waals surface area contributed by atoms with E-state index in [0.29, 0.717) is 22.6 Å². The number of hydrogen-bond donors (Lipinski definition) is 1. The summed E-state index contributed by atoms with van der Waals surface area (Å²) in [7, 11) is 0. The molecule has 6 aromatic carbocycles. The normalized spacial score (nSPS) is 11.7. The summed E-state index contributed by atoms with van der Waals surface area (Å²) < 4.78 is 6.52. The number of phenols is 1. The number of fused-ring (bicyclic) bond motifs is 1. The van der Waals surface area contributed by atoms with Gasteiger partial charge in [0.05, 0.1) is 11.1 Å². The summed E-state index contributed by atoms with van der Waals surface area (Å²) >= 11 is 0. The van der Waals surface area contributed by atoms with E-state index in [1.807, 2.05) is 42.6 Å². The maximum Gasteiger partial charge on any atom is 0.230 e. The van der Waals surface area contributed by atoms with Crippen molar-refractivity contribution in [2.75, 3.05) is 0 Å². The molecular formula is C50H43N2O2Pt-. The zero-order chi connectivity index (χ0) is 37.5. The first-order valence-electron chi connectivity index (χ1n) is 18.5. The fraction of sp³-hybridized carbons (Fsp3) is 0.160. The molecule has 0 aliphatic carbocycles. The number of aromatic hydroxyl groups is 1. The molecule has 0 fully saturated rings. The fourth-order valence-corrected chi connectivity index (χ4v) is 7.27. The number of pyridine rings is 1. The number of aromatic nitrogens is 2. The van der Waals surface area contributed by atoms with E-state index >= 15 is 0 Å². The molecule has 0 radical (unpaired) electrons. The van der Waals surface area contributed by atoms with Crippen LogP contribution in [-0.2, 0) is 38.3 Å². The molecule has 5 heteroatoms. The molecule has 1 N–H and O–H groups in total. The molecule has 0 unspecified atom stereocenters. The SMILES string of the molecule is CC(C)(C)c1cc(Cc2ccccc2)cc(-c2nc3c(-c4[c-]c(-c5cc(-c6ccccc6)ccn5)cc(C(C)(C)c5ccccc5)c4)cccc3o2)c1O.[Pt]. The molecule has 8 aromatic rings. The van der Waals surface area contributed by atoms with Gasteiger partial charge in [0, 0.05) is 43.9 Å². The number of hydrogen-bond acceptors (Lipinski definition) is 4. The third-order valence-corrected chi connectivity index (χ3v) is 10.4. The van der Waals surface area contributed by atoms with Crippen LogP contribution in [0.3, 0.4) is 0 Å². The minimum absolute atomic E-state index is 0. The van der Waals surface area contributed by atoms with E-state index in [1.54, 1.807) is 0 Å². The van der Waals surface area contributed by atoms with Crippen LogP contribution in [0.4, 0.5) is 0 Å². The summed E-state index contributed by atoms with van der Waals surface area (Å²) in [6, 6.07) is 53.8. The Morgan fingerprint density at radius 2 is 1.29 bits per heavy atom. The number of nitrogens with zero attached hydrogens (tertiary/aromatic N) is 2. The van der Waals surface area contributed by atoms with Crippen molar-refractivity contribution in [3.8, 4) is 50.7 Å². The van der Waals surface area contributed by atoms with Crippen molar-refractivity contribution in [1.29, 1.82) is 0 Å². The van der Waals surface area contributed by atoms with Crippen molar-refractivity contribution in [1.82, 2.24) is 9.97 Å². The summed E-state index contributed by atoms with van der Waals surface area (Å²) in [6.45, 7) is 10.9. The van der Waals surface area contributed by atoms with Crippen LogP contribution >= 0.6 is 0 Å². The Morgan fingerprint density at radius 1 is 0.618 bits per heavy atom. The average Bonchev–Trinajstić information content (AvgIpc) is 3.64. The summed E-state index contributed by atoms with van der Waals surface area (Å²) in [5, 5.41) is 11.8. The second-order valence-electron chi connectivity index (χ2n) is 15.6. The third kappa shape index (κ3) is 7.70. The van der Waals surface area contributed by atoms with Gasteiger partial charge in [0.2, 0.25) is 5.89 Å². The standard InChI is InChI=1S/C50H43N2O2.Pt/c1-49(2,3)43-28-34(26-33-16-9-6-10-17-33)27-42(47(43)53)48-52-46-41(22-15-23-45(46)54-48)37-29-38(31-40(30-37)50(4,5)39-20-13-8-14-21-39)44-32-36(24-25-51-44)35-18-11-7-12-19-35;/h6-25,27-28,30-32,53H,26H2,1-5H3;/q-1;. The van der Waals surface area contributed by atoms with E-state index < -0.39 is 0 Å². The Balaban J connectivity index is 0.00000465. The van der Waals surface area contributed by atoms with Crippen molar-refractivity contribution in [2.45, 2.75) is 51.9 Å². The summed E-state index contributed by atoms with van der Waals surface area (Å²) in [4.78, 5) is 9.99. The first-order valence-corrected chi connectivity index (χ1v) is 18.5. The number of benzene rings is 6. The Kier molecular flexibility index (Phi) is 10.5.